The number of hydrogen-bond acceptors (Lipinski definition) is 4. The van der Waals surface area contributed by atoms with Crippen LogP contribution in [0, 0.1) is 10.1 Å². The van der Waals surface area contributed by atoms with Gasteiger partial charge in [0, 0.05) is 17.7 Å². The molecule has 0 aliphatic heterocycles. The van der Waals surface area contributed by atoms with E-state index in [1.54, 1.807) is 6.21 Å². The van der Waals surface area contributed by atoms with Crippen molar-refractivity contribution in [2.75, 3.05) is 0 Å². The third kappa shape index (κ3) is 3.64. The molecule has 3 aromatic rings. The second-order valence-corrected chi connectivity index (χ2v) is 5.60. The van der Waals surface area contributed by atoms with E-state index in [-0.39, 0.29) is 16.3 Å². The molecule has 0 radical (unpaired) electrons. The number of hydrazone groups is 1. The highest BCUT2D eigenvalue weighted by molar-refractivity contribution is 6.34. The van der Waals surface area contributed by atoms with Crippen LogP contribution in [0.1, 0.15) is 15.9 Å². The Hall–Kier alpha value is -3.25. The first-order chi connectivity index (χ1) is 12.1. The number of hydrogen-bond donors (Lipinski definition) is 1. The fraction of sp³-hybridized carbons (Fsp3) is 0. The van der Waals surface area contributed by atoms with Crippen LogP contribution in [0.5, 0.6) is 0 Å². The van der Waals surface area contributed by atoms with E-state index in [1.807, 2.05) is 42.5 Å². The zero-order valence-electron chi connectivity index (χ0n) is 12.8. The van der Waals surface area contributed by atoms with Crippen molar-refractivity contribution in [3.05, 3.63) is 86.9 Å². The number of halogens is 1. The van der Waals surface area contributed by atoms with E-state index in [9.17, 15) is 14.9 Å². The lowest BCUT2D eigenvalue weighted by Gasteiger charge is -2.03. The highest BCUT2D eigenvalue weighted by atomic mass is 35.5. The Balaban J connectivity index is 1.78. The van der Waals surface area contributed by atoms with Gasteiger partial charge in [-0.15, -0.1) is 0 Å². The molecular formula is C18H12ClN3O3. The van der Waals surface area contributed by atoms with Gasteiger partial charge in [0.2, 0.25) is 0 Å². The molecule has 0 bridgehead atoms. The van der Waals surface area contributed by atoms with E-state index in [1.165, 1.54) is 12.1 Å². The van der Waals surface area contributed by atoms with Gasteiger partial charge in [0.15, 0.2) is 0 Å². The van der Waals surface area contributed by atoms with Crippen LogP contribution in [0.15, 0.2) is 65.8 Å². The lowest BCUT2D eigenvalue weighted by molar-refractivity contribution is -0.384. The summed E-state index contributed by atoms with van der Waals surface area (Å²) in [5, 5.41) is 16.7. The van der Waals surface area contributed by atoms with Gasteiger partial charge in [-0.1, -0.05) is 54.1 Å². The summed E-state index contributed by atoms with van der Waals surface area (Å²) in [6.45, 7) is 0. The minimum absolute atomic E-state index is 0.00735. The van der Waals surface area contributed by atoms with Crippen LogP contribution in [-0.2, 0) is 0 Å². The lowest BCUT2D eigenvalue weighted by atomic mass is 10.1. The average molecular weight is 354 g/mol. The van der Waals surface area contributed by atoms with E-state index in [2.05, 4.69) is 10.5 Å². The Morgan fingerprint density at radius 3 is 2.64 bits per heavy atom. The average Bonchev–Trinajstić information content (AvgIpc) is 2.61. The molecule has 3 rings (SSSR count). The van der Waals surface area contributed by atoms with Crippen molar-refractivity contribution in [1.29, 1.82) is 0 Å². The molecule has 0 unspecified atom stereocenters. The first-order valence-corrected chi connectivity index (χ1v) is 7.69. The maximum Gasteiger partial charge on any atom is 0.272 e. The Labute approximate surface area is 147 Å². The normalized spacial score (nSPS) is 10.9. The number of amides is 1. The highest BCUT2D eigenvalue weighted by Gasteiger charge is 2.14. The third-order valence-corrected chi connectivity index (χ3v) is 3.91. The molecular weight excluding hydrogens is 342 g/mol. The van der Waals surface area contributed by atoms with Crippen molar-refractivity contribution in [2.24, 2.45) is 5.10 Å². The molecule has 25 heavy (non-hydrogen) atoms. The summed E-state index contributed by atoms with van der Waals surface area (Å²) in [4.78, 5) is 22.2. The number of rotatable bonds is 4. The van der Waals surface area contributed by atoms with Crippen molar-refractivity contribution in [2.45, 2.75) is 0 Å². The maximum atomic E-state index is 12.1. The van der Waals surface area contributed by atoms with Crippen LogP contribution in [0.2, 0.25) is 5.02 Å². The molecule has 0 aromatic heterocycles. The summed E-state index contributed by atoms with van der Waals surface area (Å²) in [7, 11) is 0. The number of nitrogens with one attached hydrogen (secondary N) is 1. The number of non-ortho nitro benzene ring substituents is 1. The van der Waals surface area contributed by atoms with Crippen LogP contribution in [0.3, 0.4) is 0 Å². The first kappa shape index (κ1) is 16.6. The largest absolute Gasteiger partial charge is 0.272 e. The molecule has 0 aliphatic carbocycles. The molecule has 0 atom stereocenters. The van der Waals surface area contributed by atoms with E-state index in [4.69, 9.17) is 11.6 Å². The van der Waals surface area contributed by atoms with Crippen molar-refractivity contribution in [1.82, 2.24) is 5.43 Å². The van der Waals surface area contributed by atoms with Crippen LogP contribution >= 0.6 is 11.6 Å². The minimum Gasteiger partial charge on any atom is -0.267 e. The minimum atomic E-state index is -0.577. The van der Waals surface area contributed by atoms with Crippen LogP contribution < -0.4 is 5.43 Å². The highest BCUT2D eigenvalue weighted by Crippen LogP contribution is 2.22. The fourth-order valence-electron chi connectivity index (χ4n) is 2.39. The van der Waals surface area contributed by atoms with Gasteiger partial charge in [-0.3, -0.25) is 14.9 Å². The topological polar surface area (TPSA) is 84.6 Å². The number of nitro benzene ring substituents is 1. The molecule has 3 aromatic carbocycles. The van der Waals surface area contributed by atoms with E-state index < -0.39 is 10.8 Å². The van der Waals surface area contributed by atoms with Crippen LogP contribution in [0.4, 0.5) is 5.69 Å². The van der Waals surface area contributed by atoms with Crippen molar-refractivity contribution in [3.63, 3.8) is 0 Å². The second kappa shape index (κ2) is 7.11. The summed E-state index contributed by atoms with van der Waals surface area (Å²) in [6, 6.07) is 17.2. The van der Waals surface area contributed by atoms with Gasteiger partial charge in [-0.05, 0) is 16.8 Å². The molecule has 0 aliphatic rings. The van der Waals surface area contributed by atoms with Gasteiger partial charge >= 0.3 is 0 Å². The summed E-state index contributed by atoms with van der Waals surface area (Å²) in [5.74, 6) is -0.545. The summed E-state index contributed by atoms with van der Waals surface area (Å²) in [6.07, 6.45) is 1.54. The monoisotopic (exact) mass is 353 g/mol. The molecule has 7 heteroatoms. The van der Waals surface area contributed by atoms with Crippen LogP contribution in [0.25, 0.3) is 10.8 Å². The van der Waals surface area contributed by atoms with Gasteiger partial charge in [0.05, 0.1) is 21.7 Å². The molecule has 1 N–H and O–H groups in total. The summed E-state index contributed by atoms with van der Waals surface area (Å²) >= 11 is 5.93. The van der Waals surface area contributed by atoms with Gasteiger partial charge < -0.3 is 0 Å². The summed E-state index contributed by atoms with van der Waals surface area (Å²) in [5.41, 5.74) is 3.17. The van der Waals surface area contributed by atoms with E-state index in [0.29, 0.717) is 0 Å². The Kier molecular flexibility index (Phi) is 4.72. The number of benzene rings is 3. The number of carbonyl (C=O) groups is 1. The van der Waals surface area contributed by atoms with Crippen molar-refractivity contribution < 1.29 is 9.72 Å². The zero-order chi connectivity index (χ0) is 17.8. The standard InChI is InChI=1S/C18H12ClN3O3/c19-17-10-14(22(24)25)8-9-16(17)18(23)21-20-11-13-6-3-5-12-4-1-2-7-15(12)13/h1-11H,(H,21,23)/b20-11+. The molecule has 0 spiro atoms. The zero-order valence-corrected chi connectivity index (χ0v) is 13.6. The quantitative estimate of drug-likeness (QED) is 0.434. The molecule has 0 saturated carbocycles. The first-order valence-electron chi connectivity index (χ1n) is 7.31. The van der Waals surface area contributed by atoms with Gasteiger partial charge in [-0.25, -0.2) is 5.43 Å². The predicted molar refractivity (Wildman–Crippen MR) is 97.1 cm³/mol. The Bertz CT molecular complexity index is 997. The SMILES string of the molecule is O=C(N/N=C/c1cccc2ccccc12)c1ccc([N+](=O)[O-])cc1Cl. The van der Waals surface area contributed by atoms with E-state index in [0.717, 1.165) is 22.4 Å². The molecule has 0 saturated heterocycles. The molecule has 0 fully saturated rings. The maximum absolute atomic E-state index is 12.1. The van der Waals surface area contributed by atoms with Gasteiger partial charge in [0.1, 0.15) is 0 Å². The predicted octanol–water partition coefficient (Wildman–Crippen LogP) is 4.17. The lowest BCUT2D eigenvalue weighted by Crippen LogP contribution is -2.18. The summed E-state index contributed by atoms with van der Waals surface area (Å²) < 4.78 is 0. The third-order valence-electron chi connectivity index (χ3n) is 3.60. The molecule has 124 valence electrons. The smallest absolute Gasteiger partial charge is 0.267 e. The molecule has 1 amide bonds. The molecule has 0 heterocycles. The number of nitro groups is 1. The number of nitrogens with zero attached hydrogens (tertiary/aromatic N) is 2. The van der Waals surface area contributed by atoms with Crippen molar-refractivity contribution in [3.8, 4) is 0 Å². The number of carbonyl (C=O) groups excluding carboxylic acids is 1. The molecule has 6 nitrogen and oxygen atoms in total. The van der Waals surface area contributed by atoms with Crippen LogP contribution in [-0.4, -0.2) is 17.0 Å². The Morgan fingerprint density at radius 2 is 1.88 bits per heavy atom. The Morgan fingerprint density at radius 1 is 1.12 bits per heavy atom. The van der Waals surface area contributed by atoms with Gasteiger partial charge in [-0.2, -0.15) is 5.10 Å². The van der Waals surface area contributed by atoms with Gasteiger partial charge in [0.25, 0.3) is 11.6 Å². The number of fused-ring (bicyclic) bond motifs is 1. The second-order valence-electron chi connectivity index (χ2n) is 5.19. The fourth-order valence-corrected chi connectivity index (χ4v) is 2.65. The van der Waals surface area contributed by atoms with E-state index >= 15 is 0 Å². The van der Waals surface area contributed by atoms with Crippen molar-refractivity contribution >= 4 is 40.2 Å².